The van der Waals surface area contributed by atoms with Gasteiger partial charge in [-0.05, 0) is 42.3 Å². The molecule has 2 unspecified atom stereocenters. The molecule has 2 amide bonds. The van der Waals surface area contributed by atoms with Crippen molar-refractivity contribution in [1.29, 1.82) is 0 Å². The first kappa shape index (κ1) is 20.9. The number of hydrogen-bond donors (Lipinski definition) is 3. The van der Waals surface area contributed by atoms with Gasteiger partial charge in [0.15, 0.2) is 5.76 Å². The predicted molar refractivity (Wildman–Crippen MR) is 96.3 cm³/mol. The molecule has 150 valence electrons. The SMILES string of the molecule is CC(C)C(NC(=O)c1ccco1)C(=O)NCC(Oc1ccc(F)cc1)C(=O)O. The van der Waals surface area contributed by atoms with Crippen molar-refractivity contribution in [1.82, 2.24) is 10.6 Å². The lowest BCUT2D eigenvalue weighted by molar-refractivity contribution is -0.145. The molecule has 0 saturated heterocycles. The second-order valence-corrected chi connectivity index (χ2v) is 6.32. The molecule has 9 heteroatoms. The van der Waals surface area contributed by atoms with E-state index in [0.29, 0.717) is 0 Å². The molecule has 0 aliphatic heterocycles. The van der Waals surface area contributed by atoms with Gasteiger partial charge in [0.1, 0.15) is 17.6 Å². The molecule has 0 bridgehead atoms. The van der Waals surface area contributed by atoms with Crippen LogP contribution < -0.4 is 15.4 Å². The summed E-state index contributed by atoms with van der Waals surface area (Å²) in [6, 6.07) is 6.93. The number of carboxylic acids is 1. The summed E-state index contributed by atoms with van der Waals surface area (Å²) in [7, 11) is 0. The van der Waals surface area contributed by atoms with Crippen LogP contribution in [0.4, 0.5) is 4.39 Å². The van der Waals surface area contributed by atoms with E-state index in [0.717, 1.165) is 12.1 Å². The van der Waals surface area contributed by atoms with Crippen LogP contribution in [-0.4, -0.2) is 41.6 Å². The summed E-state index contributed by atoms with van der Waals surface area (Å²) in [5, 5.41) is 14.3. The molecule has 2 rings (SSSR count). The van der Waals surface area contributed by atoms with Gasteiger partial charge in [-0.1, -0.05) is 13.8 Å². The summed E-state index contributed by atoms with van der Waals surface area (Å²) >= 11 is 0. The van der Waals surface area contributed by atoms with Crippen molar-refractivity contribution >= 4 is 17.8 Å². The van der Waals surface area contributed by atoms with E-state index in [4.69, 9.17) is 9.15 Å². The molecule has 0 aliphatic carbocycles. The first-order valence-electron chi connectivity index (χ1n) is 8.55. The minimum Gasteiger partial charge on any atom is -0.478 e. The number of furan rings is 1. The molecule has 0 radical (unpaired) electrons. The third-order valence-electron chi connectivity index (χ3n) is 3.81. The zero-order chi connectivity index (χ0) is 20.7. The smallest absolute Gasteiger partial charge is 0.346 e. The number of nitrogens with one attached hydrogen (secondary N) is 2. The second kappa shape index (κ2) is 9.54. The highest BCUT2D eigenvalue weighted by molar-refractivity contribution is 5.95. The van der Waals surface area contributed by atoms with Gasteiger partial charge < -0.3 is 24.9 Å². The summed E-state index contributed by atoms with van der Waals surface area (Å²) in [6.45, 7) is 3.12. The Morgan fingerprint density at radius 2 is 1.86 bits per heavy atom. The summed E-state index contributed by atoms with van der Waals surface area (Å²) in [4.78, 5) is 36.0. The molecule has 0 fully saturated rings. The Morgan fingerprint density at radius 3 is 2.39 bits per heavy atom. The average molecular weight is 392 g/mol. The highest BCUT2D eigenvalue weighted by Crippen LogP contribution is 2.13. The van der Waals surface area contributed by atoms with E-state index in [-0.39, 0.29) is 24.0 Å². The van der Waals surface area contributed by atoms with Crippen LogP contribution in [0.2, 0.25) is 0 Å². The molecule has 28 heavy (non-hydrogen) atoms. The second-order valence-electron chi connectivity index (χ2n) is 6.32. The summed E-state index contributed by atoms with van der Waals surface area (Å²) in [6.07, 6.45) is -0.0492. The molecule has 0 saturated carbocycles. The predicted octanol–water partition coefficient (Wildman–Crippen LogP) is 1.82. The average Bonchev–Trinajstić information content (AvgIpc) is 3.18. The van der Waals surface area contributed by atoms with E-state index in [1.807, 2.05) is 0 Å². The van der Waals surface area contributed by atoms with Crippen molar-refractivity contribution < 1.29 is 33.0 Å². The Bertz CT molecular complexity index is 804. The summed E-state index contributed by atoms with van der Waals surface area (Å²) < 4.78 is 23.2. The van der Waals surface area contributed by atoms with Gasteiger partial charge in [0.05, 0.1) is 12.8 Å². The third-order valence-corrected chi connectivity index (χ3v) is 3.81. The molecule has 8 nitrogen and oxygen atoms in total. The van der Waals surface area contributed by atoms with Crippen molar-refractivity contribution in [2.24, 2.45) is 5.92 Å². The Morgan fingerprint density at radius 1 is 1.18 bits per heavy atom. The minimum absolute atomic E-state index is 0.0569. The summed E-state index contributed by atoms with van der Waals surface area (Å²) in [5.41, 5.74) is 0. The summed E-state index contributed by atoms with van der Waals surface area (Å²) in [5.74, 6) is -2.97. The number of carbonyl (C=O) groups is 3. The monoisotopic (exact) mass is 392 g/mol. The van der Waals surface area contributed by atoms with Crippen molar-refractivity contribution in [2.75, 3.05) is 6.54 Å². The first-order chi connectivity index (χ1) is 13.3. The number of halogens is 1. The van der Waals surface area contributed by atoms with Crippen molar-refractivity contribution in [3.8, 4) is 5.75 Å². The van der Waals surface area contributed by atoms with Gasteiger partial charge in [-0.2, -0.15) is 0 Å². The minimum atomic E-state index is -1.39. The highest BCUT2D eigenvalue weighted by atomic mass is 19.1. The van der Waals surface area contributed by atoms with Crippen LogP contribution in [0.15, 0.2) is 47.1 Å². The maximum atomic E-state index is 12.9. The topological polar surface area (TPSA) is 118 Å². The van der Waals surface area contributed by atoms with Crippen molar-refractivity contribution in [3.63, 3.8) is 0 Å². The first-order valence-corrected chi connectivity index (χ1v) is 8.55. The molecule has 3 N–H and O–H groups in total. The lowest BCUT2D eigenvalue weighted by Crippen LogP contribution is -2.52. The molecule has 2 aromatic rings. The highest BCUT2D eigenvalue weighted by Gasteiger charge is 2.28. The van der Waals surface area contributed by atoms with Gasteiger partial charge in [-0.25, -0.2) is 9.18 Å². The molecular formula is C19H21FN2O6. The number of carboxylic acid groups (broad SMARTS) is 1. The van der Waals surface area contributed by atoms with Crippen LogP contribution in [0.5, 0.6) is 5.75 Å². The van der Waals surface area contributed by atoms with E-state index in [1.165, 1.54) is 24.5 Å². The van der Waals surface area contributed by atoms with E-state index in [9.17, 15) is 23.9 Å². The molecule has 1 aromatic heterocycles. The van der Waals surface area contributed by atoms with Crippen LogP contribution in [0.25, 0.3) is 0 Å². The van der Waals surface area contributed by atoms with Crippen LogP contribution in [0.1, 0.15) is 24.4 Å². The Balaban J connectivity index is 1.97. The Labute approximate surface area is 160 Å². The van der Waals surface area contributed by atoms with Gasteiger partial charge >= 0.3 is 5.97 Å². The van der Waals surface area contributed by atoms with Gasteiger partial charge in [-0.3, -0.25) is 9.59 Å². The van der Waals surface area contributed by atoms with E-state index in [2.05, 4.69) is 10.6 Å². The maximum Gasteiger partial charge on any atom is 0.346 e. The van der Waals surface area contributed by atoms with E-state index < -0.39 is 35.7 Å². The number of benzene rings is 1. The molecule has 0 spiro atoms. The number of hydrogen-bond acceptors (Lipinski definition) is 5. The maximum absolute atomic E-state index is 12.9. The fraction of sp³-hybridized carbons (Fsp3) is 0.316. The number of carbonyl (C=O) groups excluding carboxylic acids is 2. The molecule has 1 heterocycles. The van der Waals surface area contributed by atoms with Gasteiger partial charge in [0, 0.05) is 0 Å². The zero-order valence-corrected chi connectivity index (χ0v) is 15.3. The number of rotatable bonds is 9. The standard InChI is InChI=1S/C19H21FN2O6/c1-11(2)16(22-17(23)14-4-3-9-27-14)18(24)21-10-15(19(25)26)28-13-7-5-12(20)6-8-13/h3-9,11,15-16H,10H2,1-2H3,(H,21,24)(H,22,23)(H,25,26). The number of ether oxygens (including phenoxy) is 1. The fourth-order valence-electron chi connectivity index (χ4n) is 2.32. The van der Waals surface area contributed by atoms with Gasteiger partial charge in [-0.15, -0.1) is 0 Å². The number of aliphatic carboxylic acids is 1. The normalized spacial score (nSPS) is 12.9. The van der Waals surface area contributed by atoms with Crippen molar-refractivity contribution in [2.45, 2.75) is 26.0 Å². The van der Waals surface area contributed by atoms with Crippen LogP contribution >= 0.6 is 0 Å². The van der Waals surface area contributed by atoms with E-state index >= 15 is 0 Å². The van der Waals surface area contributed by atoms with Gasteiger partial charge in [0.25, 0.3) is 5.91 Å². The quantitative estimate of drug-likeness (QED) is 0.599. The Hall–Kier alpha value is -3.36. The zero-order valence-electron chi connectivity index (χ0n) is 15.3. The molecule has 1 aromatic carbocycles. The van der Waals surface area contributed by atoms with Crippen LogP contribution in [0, 0.1) is 11.7 Å². The largest absolute Gasteiger partial charge is 0.478 e. The van der Waals surface area contributed by atoms with Crippen LogP contribution in [-0.2, 0) is 9.59 Å². The van der Waals surface area contributed by atoms with E-state index in [1.54, 1.807) is 19.9 Å². The third kappa shape index (κ3) is 5.83. The molecule has 0 aliphatic rings. The van der Waals surface area contributed by atoms with Crippen LogP contribution in [0.3, 0.4) is 0 Å². The lowest BCUT2D eigenvalue weighted by atomic mass is 10.0. The van der Waals surface area contributed by atoms with Crippen molar-refractivity contribution in [3.05, 3.63) is 54.2 Å². The Kier molecular flexibility index (Phi) is 7.14. The number of amides is 2. The fourth-order valence-corrected chi connectivity index (χ4v) is 2.32. The molecule has 2 atom stereocenters. The lowest BCUT2D eigenvalue weighted by Gasteiger charge is -2.22. The van der Waals surface area contributed by atoms with Gasteiger partial charge in [0.2, 0.25) is 12.0 Å². The molecular weight excluding hydrogens is 371 g/mol.